The van der Waals surface area contributed by atoms with E-state index in [9.17, 15) is 0 Å². The van der Waals surface area contributed by atoms with E-state index in [1.54, 1.807) is 12.4 Å². The van der Waals surface area contributed by atoms with Crippen LogP contribution in [-0.4, -0.2) is 9.97 Å². The molecule has 0 saturated heterocycles. The molecule has 82 valence electrons. The molecule has 0 atom stereocenters. The molecule has 16 heavy (non-hydrogen) atoms. The van der Waals surface area contributed by atoms with Gasteiger partial charge < -0.3 is 4.74 Å². The zero-order chi connectivity index (χ0) is 11.4. The fourth-order valence-corrected chi connectivity index (χ4v) is 1.57. The molecule has 0 spiro atoms. The molecule has 0 aliphatic rings. The van der Waals surface area contributed by atoms with Crippen LogP contribution in [0.2, 0.25) is 0 Å². The third-order valence-corrected chi connectivity index (χ3v) is 2.77. The average Bonchev–Trinajstić information content (AvgIpc) is 2.33. The number of ether oxygens (including phenoxy) is 1. The Labute approximate surface area is 103 Å². The first kappa shape index (κ1) is 11.1. The van der Waals surface area contributed by atoms with Crippen LogP contribution in [-0.2, 0) is 5.33 Å². The molecule has 0 N–H and O–H groups in total. The highest BCUT2D eigenvalue weighted by atomic mass is 79.9. The Bertz CT molecular complexity index is 471. The minimum Gasteiger partial charge on any atom is -0.437 e. The molecule has 0 aliphatic carbocycles. The number of rotatable bonds is 3. The second-order valence-electron chi connectivity index (χ2n) is 3.33. The van der Waals surface area contributed by atoms with Crippen molar-refractivity contribution in [2.24, 2.45) is 0 Å². The first-order chi connectivity index (χ1) is 7.79. The number of hydrogen-bond acceptors (Lipinski definition) is 3. The van der Waals surface area contributed by atoms with Gasteiger partial charge in [0.25, 0.3) is 0 Å². The number of aryl methyl sites for hydroxylation is 1. The lowest BCUT2D eigenvalue weighted by molar-refractivity contribution is 0.456. The van der Waals surface area contributed by atoms with Crippen molar-refractivity contribution < 1.29 is 4.74 Å². The number of alkyl halides is 1. The molecule has 4 heteroatoms. The van der Waals surface area contributed by atoms with Gasteiger partial charge in [-0.1, -0.05) is 22.0 Å². The summed E-state index contributed by atoms with van der Waals surface area (Å²) in [7, 11) is 0. The molecule has 0 unspecified atom stereocenters. The lowest BCUT2D eigenvalue weighted by Gasteiger charge is -2.06. The highest BCUT2D eigenvalue weighted by molar-refractivity contribution is 9.08. The van der Waals surface area contributed by atoms with Gasteiger partial charge in [-0.3, -0.25) is 4.98 Å². The summed E-state index contributed by atoms with van der Waals surface area (Å²) in [6.45, 7) is 1.90. The SMILES string of the molecule is Cc1ncccc1Oc1ccc(CBr)cn1. The van der Waals surface area contributed by atoms with E-state index >= 15 is 0 Å². The molecule has 0 saturated carbocycles. The van der Waals surface area contributed by atoms with E-state index in [4.69, 9.17) is 4.74 Å². The summed E-state index contributed by atoms with van der Waals surface area (Å²) < 4.78 is 5.62. The van der Waals surface area contributed by atoms with Gasteiger partial charge in [-0.05, 0) is 24.6 Å². The predicted octanol–water partition coefficient (Wildman–Crippen LogP) is 3.47. The second-order valence-corrected chi connectivity index (χ2v) is 3.89. The summed E-state index contributed by atoms with van der Waals surface area (Å²) in [6.07, 6.45) is 3.53. The zero-order valence-corrected chi connectivity index (χ0v) is 10.4. The van der Waals surface area contributed by atoms with Gasteiger partial charge in [0.05, 0.1) is 5.69 Å². The normalized spacial score (nSPS) is 10.1. The molecule has 2 rings (SSSR count). The maximum absolute atomic E-state index is 5.62. The zero-order valence-electron chi connectivity index (χ0n) is 8.85. The van der Waals surface area contributed by atoms with Gasteiger partial charge in [-0.25, -0.2) is 4.98 Å². The van der Waals surface area contributed by atoms with E-state index in [2.05, 4.69) is 25.9 Å². The lowest BCUT2D eigenvalue weighted by atomic mass is 10.3. The van der Waals surface area contributed by atoms with Crippen LogP contribution < -0.4 is 4.74 Å². The van der Waals surface area contributed by atoms with E-state index in [0.717, 1.165) is 22.3 Å². The van der Waals surface area contributed by atoms with Crippen LogP contribution >= 0.6 is 15.9 Å². The first-order valence-corrected chi connectivity index (χ1v) is 6.02. The minimum atomic E-state index is 0.584. The topological polar surface area (TPSA) is 35.0 Å². The van der Waals surface area contributed by atoms with Gasteiger partial charge in [0, 0.05) is 23.8 Å². The van der Waals surface area contributed by atoms with Crippen molar-refractivity contribution in [1.29, 1.82) is 0 Å². The molecule has 0 amide bonds. The average molecular weight is 279 g/mol. The third kappa shape index (κ3) is 2.58. The second kappa shape index (κ2) is 5.07. The highest BCUT2D eigenvalue weighted by Gasteiger charge is 2.02. The molecule has 2 aromatic heterocycles. The molecule has 0 aliphatic heterocycles. The molecule has 0 radical (unpaired) electrons. The summed E-state index contributed by atoms with van der Waals surface area (Å²) in [6, 6.07) is 7.55. The maximum Gasteiger partial charge on any atom is 0.219 e. The number of aromatic nitrogens is 2. The molecule has 0 bridgehead atoms. The Balaban J connectivity index is 2.18. The summed E-state index contributed by atoms with van der Waals surface area (Å²) in [5.74, 6) is 1.32. The third-order valence-electron chi connectivity index (χ3n) is 2.12. The number of nitrogens with zero attached hydrogens (tertiary/aromatic N) is 2. The molecular formula is C12H11BrN2O. The van der Waals surface area contributed by atoms with Crippen molar-refractivity contribution in [2.45, 2.75) is 12.3 Å². The maximum atomic E-state index is 5.62. The Kier molecular flexibility index (Phi) is 3.51. The molecule has 0 aromatic carbocycles. The van der Waals surface area contributed by atoms with Gasteiger partial charge in [-0.2, -0.15) is 0 Å². The predicted molar refractivity (Wildman–Crippen MR) is 65.9 cm³/mol. The Morgan fingerprint density at radius 2 is 2.12 bits per heavy atom. The number of hydrogen-bond donors (Lipinski definition) is 0. The Hall–Kier alpha value is -1.42. The fourth-order valence-electron chi connectivity index (χ4n) is 1.24. The van der Waals surface area contributed by atoms with Crippen molar-refractivity contribution in [2.75, 3.05) is 0 Å². The summed E-state index contributed by atoms with van der Waals surface area (Å²) in [4.78, 5) is 8.35. The van der Waals surface area contributed by atoms with Crippen LogP contribution in [0.3, 0.4) is 0 Å². The standard InChI is InChI=1S/C12H11BrN2O/c1-9-11(3-2-6-14-9)16-12-5-4-10(7-13)8-15-12/h2-6,8H,7H2,1H3. The van der Waals surface area contributed by atoms with Gasteiger partial charge >= 0.3 is 0 Å². The Morgan fingerprint density at radius 1 is 1.25 bits per heavy atom. The molecule has 2 aromatic rings. The highest BCUT2D eigenvalue weighted by Crippen LogP contribution is 2.21. The first-order valence-electron chi connectivity index (χ1n) is 4.90. The minimum absolute atomic E-state index is 0.584. The molecule has 3 nitrogen and oxygen atoms in total. The van der Waals surface area contributed by atoms with Gasteiger partial charge in [-0.15, -0.1) is 0 Å². The molecule has 2 heterocycles. The van der Waals surface area contributed by atoms with Crippen molar-refractivity contribution in [3.63, 3.8) is 0 Å². The summed E-state index contributed by atoms with van der Waals surface area (Å²) in [5, 5.41) is 0.798. The summed E-state index contributed by atoms with van der Waals surface area (Å²) in [5.41, 5.74) is 1.98. The van der Waals surface area contributed by atoms with Crippen LogP contribution in [0.1, 0.15) is 11.3 Å². The van der Waals surface area contributed by atoms with Gasteiger partial charge in [0.2, 0.25) is 5.88 Å². The van der Waals surface area contributed by atoms with Crippen LogP contribution in [0, 0.1) is 6.92 Å². The van der Waals surface area contributed by atoms with Crippen LogP contribution in [0.4, 0.5) is 0 Å². The quantitative estimate of drug-likeness (QED) is 0.807. The number of halogens is 1. The van der Waals surface area contributed by atoms with E-state index in [-0.39, 0.29) is 0 Å². The lowest BCUT2D eigenvalue weighted by Crippen LogP contribution is -1.92. The largest absolute Gasteiger partial charge is 0.437 e. The van der Waals surface area contributed by atoms with Crippen LogP contribution in [0.25, 0.3) is 0 Å². The van der Waals surface area contributed by atoms with Crippen LogP contribution in [0.5, 0.6) is 11.6 Å². The van der Waals surface area contributed by atoms with Crippen LogP contribution in [0.15, 0.2) is 36.7 Å². The number of pyridine rings is 2. The fraction of sp³-hybridized carbons (Fsp3) is 0.167. The van der Waals surface area contributed by atoms with E-state index in [0.29, 0.717) is 5.88 Å². The van der Waals surface area contributed by atoms with Crippen molar-refractivity contribution in [3.05, 3.63) is 47.9 Å². The van der Waals surface area contributed by atoms with E-state index in [1.807, 2.05) is 31.2 Å². The van der Waals surface area contributed by atoms with Gasteiger partial charge in [0.15, 0.2) is 5.75 Å². The smallest absolute Gasteiger partial charge is 0.219 e. The molecular weight excluding hydrogens is 268 g/mol. The van der Waals surface area contributed by atoms with E-state index in [1.165, 1.54) is 0 Å². The monoisotopic (exact) mass is 278 g/mol. The van der Waals surface area contributed by atoms with Crippen molar-refractivity contribution in [1.82, 2.24) is 9.97 Å². The van der Waals surface area contributed by atoms with E-state index < -0.39 is 0 Å². The van der Waals surface area contributed by atoms with Crippen molar-refractivity contribution in [3.8, 4) is 11.6 Å². The summed E-state index contributed by atoms with van der Waals surface area (Å²) >= 11 is 3.37. The van der Waals surface area contributed by atoms with Crippen molar-refractivity contribution >= 4 is 15.9 Å². The van der Waals surface area contributed by atoms with Gasteiger partial charge in [0.1, 0.15) is 0 Å². The Morgan fingerprint density at radius 3 is 2.75 bits per heavy atom. The molecule has 0 fully saturated rings.